The Hall–Kier alpha value is -5.88. The lowest BCUT2D eigenvalue weighted by atomic mass is 10.2. The van der Waals surface area contributed by atoms with Gasteiger partial charge in [-0.15, -0.1) is 0 Å². The number of urea groups is 2. The second-order valence-corrected chi connectivity index (χ2v) is 8.64. The third kappa shape index (κ3) is 13.8. The van der Waals surface area contributed by atoms with Crippen LogP contribution >= 0.6 is 0 Å². The second-order valence-electron chi connectivity index (χ2n) is 8.64. The summed E-state index contributed by atoms with van der Waals surface area (Å²) in [5.41, 5.74) is 15.6. The molecule has 0 aliphatic rings. The van der Waals surface area contributed by atoms with Crippen molar-refractivity contribution in [3.63, 3.8) is 0 Å². The summed E-state index contributed by atoms with van der Waals surface area (Å²) in [5, 5.41) is 0.430. The van der Waals surface area contributed by atoms with Crippen molar-refractivity contribution in [2.24, 2.45) is 11.5 Å². The molecule has 240 valence electrons. The van der Waals surface area contributed by atoms with Gasteiger partial charge >= 0.3 is 48.1 Å². The molecule has 0 fully saturated rings. The second kappa shape index (κ2) is 18.6. The molecule has 6 N–H and O–H groups in total. The standard InChI is InChI=1S/C27H30N6O12/c28-24(38)32(26(40)42-16-18-8-3-1-4-9-18)30-14-22(36)44-20(34)12-7-13-21(35)45-23(37)15-31-33(25(29)39)27(41)43-17-19-10-5-2-6-11-19/h1-6,8-11,30-31H,7,12-17H2,(H2,28,38)(H2,29,39). The van der Waals surface area contributed by atoms with Gasteiger partial charge in [0.25, 0.3) is 0 Å². The van der Waals surface area contributed by atoms with Crippen molar-refractivity contribution in [2.45, 2.75) is 32.5 Å². The van der Waals surface area contributed by atoms with Crippen molar-refractivity contribution >= 4 is 48.1 Å². The van der Waals surface area contributed by atoms with Crippen LogP contribution in [-0.2, 0) is 51.3 Å². The molecule has 0 saturated heterocycles. The predicted octanol–water partition coefficient (Wildman–Crippen LogP) is 0.741. The molecule has 18 nitrogen and oxygen atoms in total. The van der Waals surface area contributed by atoms with Gasteiger partial charge in [0.1, 0.15) is 26.3 Å². The van der Waals surface area contributed by atoms with E-state index >= 15 is 0 Å². The number of nitrogens with two attached hydrogens (primary N) is 2. The molecule has 45 heavy (non-hydrogen) atoms. The Morgan fingerprint density at radius 1 is 0.556 bits per heavy atom. The molecular weight excluding hydrogens is 600 g/mol. The van der Waals surface area contributed by atoms with Crippen molar-refractivity contribution in [3.05, 3.63) is 71.8 Å². The van der Waals surface area contributed by atoms with Crippen LogP contribution in [0.25, 0.3) is 0 Å². The maximum atomic E-state index is 12.1. The summed E-state index contributed by atoms with van der Waals surface area (Å²) in [6.07, 6.45) is -3.51. The number of esters is 4. The van der Waals surface area contributed by atoms with Gasteiger partial charge in [-0.2, -0.15) is 10.0 Å². The number of primary amides is 2. The van der Waals surface area contributed by atoms with E-state index in [0.717, 1.165) is 0 Å². The topological polar surface area (TPSA) is 256 Å². The zero-order chi connectivity index (χ0) is 33.2. The first kappa shape index (κ1) is 35.3. The first-order valence-corrected chi connectivity index (χ1v) is 13.0. The fraction of sp³-hybridized carbons (Fsp3) is 0.259. The zero-order valence-electron chi connectivity index (χ0n) is 23.7. The molecule has 0 aliphatic heterocycles. The van der Waals surface area contributed by atoms with Gasteiger partial charge in [-0.05, 0) is 17.5 Å². The third-order valence-electron chi connectivity index (χ3n) is 5.20. The number of hydrogen-bond acceptors (Lipinski definition) is 14. The smallest absolute Gasteiger partial charge is 0.433 e. The van der Waals surface area contributed by atoms with Gasteiger partial charge in [0.05, 0.1) is 0 Å². The predicted molar refractivity (Wildman–Crippen MR) is 148 cm³/mol. The number of benzene rings is 2. The summed E-state index contributed by atoms with van der Waals surface area (Å²) < 4.78 is 18.9. The summed E-state index contributed by atoms with van der Waals surface area (Å²) >= 11 is 0. The molecule has 0 spiro atoms. The van der Waals surface area contributed by atoms with Crippen molar-refractivity contribution in [1.82, 2.24) is 20.9 Å². The molecule has 0 atom stereocenters. The van der Waals surface area contributed by atoms with Crippen molar-refractivity contribution in [2.75, 3.05) is 13.1 Å². The van der Waals surface area contributed by atoms with Crippen molar-refractivity contribution < 1.29 is 57.3 Å². The highest BCUT2D eigenvalue weighted by Gasteiger charge is 2.24. The van der Waals surface area contributed by atoms with Crippen molar-refractivity contribution in [3.8, 4) is 0 Å². The van der Waals surface area contributed by atoms with Crippen LogP contribution in [0.2, 0.25) is 0 Å². The van der Waals surface area contributed by atoms with Crippen LogP contribution in [0.15, 0.2) is 60.7 Å². The Morgan fingerprint density at radius 2 is 0.911 bits per heavy atom. The number of ether oxygens (including phenoxy) is 4. The van der Waals surface area contributed by atoms with E-state index in [1.165, 1.54) is 0 Å². The van der Waals surface area contributed by atoms with E-state index in [-0.39, 0.29) is 29.7 Å². The molecule has 0 aliphatic carbocycles. The molecule has 0 bridgehead atoms. The lowest BCUT2D eigenvalue weighted by molar-refractivity contribution is -0.159. The van der Waals surface area contributed by atoms with E-state index in [4.69, 9.17) is 20.9 Å². The maximum absolute atomic E-state index is 12.1. The minimum absolute atomic E-state index is 0.186. The molecule has 2 rings (SSSR count). The van der Waals surface area contributed by atoms with E-state index < -0.39 is 74.1 Å². The Labute approximate surface area is 255 Å². The minimum atomic E-state index is -1.29. The van der Waals surface area contributed by atoms with E-state index in [9.17, 15) is 38.4 Å². The van der Waals surface area contributed by atoms with Crippen molar-refractivity contribution in [1.29, 1.82) is 0 Å². The SMILES string of the molecule is NC(=O)N(NCC(=O)OC(=O)CCCC(=O)OC(=O)CNN(C(N)=O)C(=O)OCc1ccccc1)C(=O)OCc1ccccc1. The maximum Gasteiger partial charge on any atom is 0.433 e. The number of amides is 6. The van der Waals surface area contributed by atoms with Crippen LogP contribution in [0, 0.1) is 0 Å². The first-order valence-electron chi connectivity index (χ1n) is 13.0. The van der Waals surface area contributed by atoms with Crippen LogP contribution in [0.3, 0.4) is 0 Å². The molecular formula is C27H30N6O12. The van der Waals surface area contributed by atoms with Gasteiger partial charge in [0.15, 0.2) is 0 Å². The largest absolute Gasteiger partial charge is 0.443 e. The highest BCUT2D eigenvalue weighted by Crippen LogP contribution is 2.05. The van der Waals surface area contributed by atoms with Crippen LogP contribution < -0.4 is 22.3 Å². The molecule has 6 amide bonds. The van der Waals surface area contributed by atoms with Gasteiger partial charge in [0.2, 0.25) is 0 Å². The van der Waals surface area contributed by atoms with E-state index in [1.54, 1.807) is 60.7 Å². The number of hydrogen-bond donors (Lipinski definition) is 4. The number of nitrogens with zero attached hydrogens (tertiary/aromatic N) is 2. The van der Waals surface area contributed by atoms with Gasteiger partial charge in [-0.25, -0.2) is 30.0 Å². The molecule has 0 saturated carbocycles. The number of rotatable bonds is 14. The zero-order valence-corrected chi connectivity index (χ0v) is 23.7. The number of hydrazine groups is 2. The average molecular weight is 631 g/mol. The number of carbonyl (C=O) groups excluding carboxylic acids is 8. The minimum Gasteiger partial charge on any atom is -0.443 e. The molecule has 0 aromatic heterocycles. The highest BCUT2D eigenvalue weighted by molar-refractivity contribution is 5.92. The Morgan fingerprint density at radius 3 is 1.24 bits per heavy atom. The number of carbonyl (C=O) groups is 8. The highest BCUT2D eigenvalue weighted by atomic mass is 16.6. The Bertz CT molecular complexity index is 1270. The molecule has 2 aromatic carbocycles. The van der Waals surface area contributed by atoms with E-state index in [0.29, 0.717) is 11.1 Å². The fourth-order valence-corrected chi connectivity index (χ4v) is 3.13. The van der Waals surface area contributed by atoms with Crippen LogP contribution in [0.4, 0.5) is 19.2 Å². The van der Waals surface area contributed by atoms with Gasteiger partial charge in [-0.3, -0.25) is 19.2 Å². The molecule has 2 aromatic rings. The third-order valence-corrected chi connectivity index (χ3v) is 5.20. The monoisotopic (exact) mass is 630 g/mol. The Balaban J connectivity index is 1.65. The van der Waals surface area contributed by atoms with Gasteiger partial charge < -0.3 is 30.4 Å². The van der Waals surface area contributed by atoms with E-state index in [1.807, 2.05) is 0 Å². The first-order chi connectivity index (χ1) is 21.5. The summed E-state index contributed by atoms with van der Waals surface area (Å²) in [7, 11) is 0. The average Bonchev–Trinajstić information content (AvgIpc) is 2.99. The quantitative estimate of drug-likeness (QED) is 0.0972. The summed E-state index contributed by atoms with van der Waals surface area (Å²) in [5.74, 6) is -4.50. The summed E-state index contributed by atoms with van der Waals surface area (Å²) in [6, 6.07) is 14.4. The lowest BCUT2D eigenvalue weighted by Crippen LogP contribution is -2.51. The van der Waals surface area contributed by atoms with Gasteiger partial charge in [0, 0.05) is 12.8 Å². The van der Waals surface area contributed by atoms with Crippen LogP contribution in [0.1, 0.15) is 30.4 Å². The van der Waals surface area contributed by atoms with E-state index in [2.05, 4.69) is 20.3 Å². The Kier molecular flexibility index (Phi) is 14.6. The van der Waals surface area contributed by atoms with Gasteiger partial charge in [-0.1, -0.05) is 60.7 Å². The normalized spacial score (nSPS) is 10.1. The number of imide groups is 2. The summed E-state index contributed by atoms with van der Waals surface area (Å²) in [6.45, 7) is -2.01. The lowest BCUT2D eigenvalue weighted by Gasteiger charge is -2.18. The molecule has 0 radical (unpaired) electrons. The number of nitrogens with one attached hydrogen (secondary N) is 2. The van der Waals surface area contributed by atoms with Crippen LogP contribution in [-0.4, -0.2) is 71.2 Å². The molecule has 0 heterocycles. The summed E-state index contributed by atoms with van der Waals surface area (Å²) in [4.78, 5) is 94.8. The fourth-order valence-electron chi connectivity index (χ4n) is 3.13. The molecule has 0 unspecified atom stereocenters. The molecule has 18 heteroatoms. The van der Waals surface area contributed by atoms with Crippen LogP contribution in [0.5, 0.6) is 0 Å².